The Bertz CT molecular complexity index is 363. The second-order valence-corrected chi connectivity index (χ2v) is 5.56. The number of fused-ring (bicyclic) bond motifs is 4. The smallest absolute Gasteiger partial charge is 0.159 e. The fraction of sp³-hybridized carbons (Fsp3) is 0.643. The number of carbonyl (C=O) groups excluding carboxylic acids is 1. The van der Waals surface area contributed by atoms with Gasteiger partial charge in [0.15, 0.2) is 5.78 Å². The van der Waals surface area contributed by atoms with Crippen LogP contribution in [0.3, 0.4) is 0 Å². The standard InChI is InChI=1S/C14H20N2O/c1-2-3-13-12-6-10(8-15-13)9-16-5-4-11(17)7-14(12)16/h2,4-5,10,12-15H,1,3,6-9H2/t10-,12+,13+,14+/m0/s1. The monoisotopic (exact) mass is 232 g/mol. The average Bonchev–Trinajstić information content (AvgIpc) is 2.34. The van der Waals surface area contributed by atoms with E-state index in [-0.39, 0.29) is 5.78 Å². The lowest BCUT2D eigenvalue weighted by molar-refractivity contribution is -0.118. The van der Waals surface area contributed by atoms with Gasteiger partial charge in [-0.05, 0) is 37.3 Å². The van der Waals surface area contributed by atoms with Crippen molar-refractivity contribution in [2.75, 3.05) is 13.1 Å². The van der Waals surface area contributed by atoms with Gasteiger partial charge in [-0.15, -0.1) is 6.58 Å². The molecule has 0 aliphatic carbocycles. The average molecular weight is 232 g/mol. The fourth-order valence-electron chi connectivity index (χ4n) is 3.68. The molecule has 3 aliphatic heterocycles. The lowest BCUT2D eigenvalue weighted by Gasteiger charge is -2.51. The molecule has 92 valence electrons. The molecule has 2 fully saturated rings. The molecular formula is C14H20N2O. The molecule has 3 nitrogen and oxygen atoms in total. The molecule has 2 saturated heterocycles. The van der Waals surface area contributed by atoms with E-state index in [0.29, 0.717) is 24.4 Å². The summed E-state index contributed by atoms with van der Waals surface area (Å²) in [6, 6.07) is 0.928. The number of ketones is 1. The van der Waals surface area contributed by atoms with Crippen LogP contribution in [0, 0.1) is 11.8 Å². The second kappa shape index (κ2) is 4.30. The maximum absolute atomic E-state index is 11.6. The summed E-state index contributed by atoms with van der Waals surface area (Å²) in [7, 11) is 0. The molecule has 1 N–H and O–H groups in total. The van der Waals surface area contributed by atoms with Crippen molar-refractivity contribution in [3.63, 3.8) is 0 Å². The number of rotatable bonds is 2. The number of nitrogens with zero attached hydrogens (tertiary/aromatic N) is 1. The van der Waals surface area contributed by atoms with Gasteiger partial charge in [0.2, 0.25) is 0 Å². The molecule has 3 aliphatic rings. The Hall–Kier alpha value is -1.09. The van der Waals surface area contributed by atoms with Crippen molar-refractivity contribution in [2.24, 2.45) is 11.8 Å². The van der Waals surface area contributed by atoms with E-state index in [1.54, 1.807) is 6.08 Å². The van der Waals surface area contributed by atoms with E-state index in [9.17, 15) is 4.79 Å². The zero-order valence-electron chi connectivity index (χ0n) is 10.1. The van der Waals surface area contributed by atoms with Crippen LogP contribution in [0.5, 0.6) is 0 Å². The third-order valence-electron chi connectivity index (χ3n) is 4.46. The Balaban J connectivity index is 1.83. The third-order valence-corrected chi connectivity index (χ3v) is 4.46. The second-order valence-electron chi connectivity index (χ2n) is 5.56. The van der Waals surface area contributed by atoms with Gasteiger partial charge >= 0.3 is 0 Å². The molecule has 0 radical (unpaired) electrons. The zero-order valence-corrected chi connectivity index (χ0v) is 10.1. The molecule has 17 heavy (non-hydrogen) atoms. The van der Waals surface area contributed by atoms with Crippen LogP contribution in [0.4, 0.5) is 0 Å². The van der Waals surface area contributed by atoms with E-state index < -0.39 is 0 Å². The Morgan fingerprint density at radius 1 is 1.59 bits per heavy atom. The maximum atomic E-state index is 11.6. The number of hydrogen-bond donors (Lipinski definition) is 1. The van der Waals surface area contributed by atoms with Crippen LogP contribution in [0.25, 0.3) is 0 Å². The van der Waals surface area contributed by atoms with Crippen molar-refractivity contribution in [1.29, 1.82) is 0 Å². The molecule has 3 rings (SSSR count). The van der Waals surface area contributed by atoms with Crippen molar-refractivity contribution >= 4 is 5.78 Å². The summed E-state index contributed by atoms with van der Waals surface area (Å²) in [5.41, 5.74) is 0. The summed E-state index contributed by atoms with van der Waals surface area (Å²) in [6.45, 7) is 6.07. The van der Waals surface area contributed by atoms with E-state index in [1.165, 1.54) is 6.42 Å². The highest BCUT2D eigenvalue weighted by molar-refractivity contribution is 5.90. The van der Waals surface area contributed by atoms with Crippen LogP contribution in [0.1, 0.15) is 19.3 Å². The first-order valence-corrected chi connectivity index (χ1v) is 6.59. The van der Waals surface area contributed by atoms with E-state index in [1.807, 2.05) is 12.3 Å². The van der Waals surface area contributed by atoms with Crippen LogP contribution < -0.4 is 5.32 Å². The highest BCUT2D eigenvalue weighted by Gasteiger charge is 2.43. The first-order chi connectivity index (χ1) is 8.28. The summed E-state index contributed by atoms with van der Waals surface area (Å²) >= 11 is 0. The first-order valence-electron chi connectivity index (χ1n) is 6.59. The van der Waals surface area contributed by atoms with Crippen molar-refractivity contribution in [1.82, 2.24) is 10.2 Å². The van der Waals surface area contributed by atoms with Gasteiger partial charge in [0, 0.05) is 31.2 Å². The van der Waals surface area contributed by atoms with Crippen LogP contribution in [-0.4, -0.2) is 35.9 Å². The molecule has 0 saturated carbocycles. The highest BCUT2D eigenvalue weighted by atomic mass is 16.1. The highest BCUT2D eigenvalue weighted by Crippen LogP contribution is 2.37. The molecule has 0 aromatic heterocycles. The topological polar surface area (TPSA) is 32.3 Å². The van der Waals surface area contributed by atoms with Crippen molar-refractivity contribution in [2.45, 2.75) is 31.3 Å². The summed E-state index contributed by atoms with van der Waals surface area (Å²) < 4.78 is 0. The lowest BCUT2D eigenvalue weighted by Crippen LogP contribution is -2.60. The van der Waals surface area contributed by atoms with Crippen molar-refractivity contribution in [3.05, 3.63) is 24.9 Å². The van der Waals surface area contributed by atoms with E-state index in [4.69, 9.17) is 0 Å². The van der Waals surface area contributed by atoms with Gasteiger partial charge in [-0.25, -0.2) is 0 Å². The van der Waals surface area contributed by atoms with Crippen LogP contribution in [0.2, 0.25) is 0 Å². The lowest BCUT2D eigenvalue weighted by atomic mass is 9.72. The van der Waals surface area contributed by atoms with Crippen LogP contribution in [-0.2, 0) is 4.79 Å². The Labute approximate surface area is 103 Å². The predicted molar refractivity (Wildman–Crippen MR) is 67.5 cm³/mol. The molecule has 0 amide bonds. The normalized spacial score (nSPS) is 40.0. The van der Waals surface area contributed by atoms with Gasteiger partial charge in [-0.2, -0.15) is 0 Å². The molecule has 0 unspecified atom stereocenters. The number of nitrogens with one attached hydrogen (secondary N) is 1. The molecule has 3 heteroatoms. The molecule has 4 atom stereocenters. The van der Waals surface area contributed by atoms with E-state index >= 15 is 0 Å². The zero-order chi connectivity index (χ0) is 11.8. The van der Waals surface area contributed by atoms with Gasteiger partial charge < -0.3 is 10.2 Å². The van der Waals surface area contributed by atoms with E-state index in [0.717, 1.165) is 25.4 Å². The van der Waals surface area contributed by atoms with Crippen molar-refractivity contribution in [3.8, 4) is 0 Å². The van der Waals surface area contributed by atoms with E-state index in [2.05, 4.69) is 16.8 Å². The first kappa shape index (κ1) is 11.0. The Morgan fingerprint density at radius 3 is 3.29 bits per heavy atom. The predicted octanol–water partition coefficient (Wildman–Crippen LogP) is 1.33. The molecule has 3 heterocycles. The van der Waals surface area contributed by atoms with Gasteiger partial charge in [0.05, 0.1) is 0 Å². The molecular weight excluding hydrogens is 212 g/mol. The number of carbonyl (C=O) groups is 1. The molecule has 0 aromatic carbocycles. The van der Waals surface area contributed by atoms with Gasteiger partial charge in [0.25, 0.3) is 0 Å². The summed E-state index contributed by atoms with van der Waals surface area (Å²) in [5, 5.41) is 3.64. The quantitative estimate of drug-likeness (QED) is 0.729. The molecule has 0 aromatic rings. The molecule has 0 spiro atoms. The SMILES string of the molecule is C=CC[C@H]1NC[C@@H]2C[C@H]1[C@H]1CC(=O)C=CN1C2. The maximum Gasteiger partial charge on any atom is 0.159 e. The van der Waals surface area contributed by atoms with Gasteiger partial charge in [0.1, 0.15) is 0 Å². The number of allylic oxidation sites excluding steroid dienone is 1. The van der Waals surface area contributed by atoms with Crippen molar-refractivity contribution < 1.29 is 4.79 Å². The van der Waals surface area contributed by atoms with Crippen LogP contribution >= 0.6 is 0 Å². The third kappa shape index (κ3) is 1.93. The van der Waals surface area contributed by atoms with Crippen LogP contribution in [0.15, 0.2) is 24.9 Å². The largest absolute Gasteiger partial charge is 0.373 e. The number of piperidine rings is 2. The number of hydrogen-bond acceptors (Lipinski definition) is 3. The van der Waals surface area contributed by atoms with Gasteiger partial charge in [-0.1, -0.05) is 6.08 Å². The summed E-state index contributed by atoms with van der Waals surface area (Å²) in [4.78, 5) is 14.0. The Kier molecular flexibility index (Phi) is 2.79. The fourth-order valence-corrected chi connectivity index (χ4v) is 3.68. The summed E-state index contributed by atoms with van der Waals surface area (Å²) in [6.07, 6.45) is 8.74. The summed E-state index contributed by atoms with van der Waals surface area (Å²) in [5.74, 6) is 1.64. The Morgan fingerprint density at radius 2 is 2.47 bits per heavy atom. The minimum Gasteiger partial charge on any atom is -0.373 e. The van der Waals surface area contributed by atoms with Gasteiger partial charge in [-0.3, -0.25) is 4.79 Å². The minimum absolute atomic E-state index is 0.285. The minimum atomic E-state index is 0.285. The molecule has 2 bridgehead atoms.